The molecule has 8 heteroatoms. The van der Waals surface area contributed by atoms with Crippen LogP contribution >= 0.6 is 35.1 Å². The zero-order valence-corrected chi connectivity index (χ0v) is 22.8. The van der Waals surface area contributed by atoms with E-state index in [1.165, 1.54) is 20.9 Å². The molecule has 0 aromatic heterocycles. The van der Waals surface area contributed by atoms with Crippen molar-refractivity contribution in [3.8, 4) is 0 Å². The summed E-state index contributed by atoms with van der Waals surface area (Å²) in [5.41, 5.74) is 4.93. The second kappa shape index (κ2) is 10.7. The molecule has 4 nitrogen and oxygen atoms in total. The fourth-order valence-corrected chi connectivity index (χ4v) is 7.83. The lowest BCUT2D eigenvalue weighted by molar-refractivity contribution is 0.481. The molecule has 0 saturated heterocycles. The van der Waals surface area contributed by atoms with E-state index >= 15 is 0 Å². The standard InChI is InChI=1S/C26H30ClNO3S3/c1-4-18(14-25-20(5-2)21-16-19(27)8-10-23(21)32-25)15-26-28(11-6-12-34(29,30)31)22-13-17(3)7-9-24(22)33-26/h7-10,13-16,21,23H,4-6,11-12H2,1-3H3,(H,29,30,31)/b18-14+,26-15-. The Hall–Kier alpha value is -1.38. The zero-order chi connectivity index (χ0) is 24.5. The van der Waals surface area contributed by atoms with Gasteiger partial charge in [-0.2, -0.15) is 8.42 Å². The highest BCUT2D eigenvalue weighted by molar-refractivity contribution is 8.04. The average molecular weight is 536 g/mol. The van der Waals surface area contributed by atoms with E-state index in [4.69, 9.17) is 11.6 Å². The molecular weight excluding hydrogens is 506 g/mol. The number of fused-ring (bicyclic) bond motifs is 2. The lowest BCUT2D eigenvalue weighted by Crippen LogP contribution is -2.21. The molecule has 2 unspecified atom stereocenters. The highest BCUT2D eigenvalue weighted by atomic mass is 35.5. The zero-order valence-electron chi connectivity index (χ0n) is 19.6. The number of thioether (sulfide) groups is 2. The van der Waals surface area contributed by atoms with E-state index in [2.05, 4.69) is 68.2 Å². The molecule has 1 aromatic rings. The number of anilines is 1. The molecule has 2 atom stereocenters. The molecule has 0 amide bonds. The van der Waals surface area contributed by atoms with Gasteiger partial charge in [0.05, 0.1) is 16.5 Å². The summed E-state index contributed by atoms with van der Waals surface area (Å²) in [6, 6.07) is 6.37. The van der Waals surface area contributed by atoms with Gasteiger partial charge in [0.15, 0.2) is 0 Å². The van der Waals surface area contributed by atoms with Crippen LogP contribution in [0.2, 0.25) is 0 Å². The van der Waals surface area contributed by atoms with Crippen LogP contribution in [0.1, 0.15) is 38.7 Å². The van der Waals surface area contributed by atoms with Crippen LogP contribution in [0.3, 0.4) is 0 Å². The Balaban J connectivity index is 1.65. The topological polar surface area (TPSA) is 57.6 Å². The smallest absolute Gasteiger partial charge is 0.264 e. The van der Waals surface area contributed by atoms with Crippen molar-refractivity contribution in [1.29, 1.82) is 0 Å². The molecule has 0 radical (unpaired) electrons. The molecule has 0 fully saturated rings. The van der Waals surface area contributed by atoms with Crippen LogP contribution in [0, 0.1) is 12.8 Å². The summed E-state index contributed by atoms with van der Waals surface area (Å²) in [5.74, 6) is 0.115. The number of benzene rings is 1. The van der Waals surface area contributed by atoms with Gasteiger partial charge in [-0.3, -0.25) is 4.55 Å². The van der Waals surface area contributed by atoms with Gasteiger partial charge in [-0.15, -0.1) is 11.8 Å². The third-order valence-corrected chi connectivity index (χ3v) is 9.73. The van der Waals surface area contributed by atoms with Gasteiger partial charge < -0.3 is 4.90 Å². The number of halogens is 1. The van der Waals surface area contributed by atoms with E-state index in [0.29, 0.717) is 24.1 Å². The second-order valence-corrected chi connectivity index (χ2v) is 13.0. The first-order chi connectivity index (χ1) is 16.2. The lowest BCUT2D eigenvalue weighted by Gasteiger charge is -2.21. The number of nitrogens with zero attached hydrogens (tertiary/aromatic N) is 1. The maximum atomic E-state index is 11.3. The molecule has 4 rings (SSSR count). The van der Waals surface area contributed by atoms with Crippen molar-refractivity contribution in [2.24, 2.45) is 5.92 Å². The van der Waals surface area contributed by atoms with E-state index in [1.54, 1.807) is 11.8 Å². The minimum absolute atomic E-state index is 0.241. The molecule has 0 bridgehead atoms. The first-order valence-corrected chi connectivity index (χ1v) is 15.3. The average Bonchev–Trinajstić information content (AvgIpc) is 3.29. The van der Waals surface area contributed by atoms with Crippen molar-refractivity contribution >= 4 is 50.9 Å². The Morgan fingerprint density at radius 2 is 2.09 bits per heavy atom. The number of rotatable bonds is 8. The molecule has 182 valence electrons. The Morgan fingerprint density at radius 3 is 2.79 bits per heavy atom. The van der Waals surface area contributed by atoms with Crippen molar-refractivity contribution in [2.75, 3.05) is 17.2 Å². The summed E-state index contributed by atoms with van der Waals surface area (Å²) in [7, 11) is -3.98. The van der Waals surface area contributed by atoms with E-state index < -0.39 is 10.1 Å². The maximum absolute atomic E-state index is 11.3. The second-order valence-electron chi connectivity index (χ2n) is 8.68. The van der Waals surface area contributed by atoms with Crippen LogP contribution in [0.15, 0.2) is 79.6 Å². The highest BCUT2D eigenvalue weighted by Crippen LogP contribution is 2.49. The predicted octanol–water partition coefficient (Wildman–Crippen LogP) is 7.45. The van der Waals surface area contributed by atoms with Crippen molar-refractivity contribution in [2.45, 2.75) is 50.2 Å². The van der Waals surface area contributed by atoms with Gasteiger partial charge in [-0.1, -0.05) is 55.4 Å². The normalized spacial score (nSPS) is 23.6. The van der Waals surface area contributed by atoms with Crippen molar-refractivity contribution in [1.82, 2.24) is 0 Å². The van der Waals surface area contributed by atoms with Crippen molar-refractivity contribution < 1.29 is 13.0 Å². The Bertz CT molecular complexity index is 1230. The Kier molecular flexibility index (Phi) is 8.09. The third-order valence-electron chi connectivity index (χ3n) is 6.20. The molecular formula is C26H30ClNO3S3. The van der Waals surface area contributed by atoms with Gasteiger partial charge in [0, 0.05) is 32.5 Å². The SMILES string of the molecule is CCC1=C(/C=C(/C=C2\Sc3ccc(C)cc3N2CCCS(=O)(=O)O)CC)SC2C=CC(Cl)=CC12. The molecule has 1 aliphatic carbocycles. The summed E-state index contributed by atoms with van der Waals surface area (Å²) >= 11 is 9.92. The first kappa shape index (κ1) is 25.7. The monoisotopic (exact) mass is 535 g/mol. The number of allylic oxidation sites excluding steroid dienone is 7. The van der Waals surface area contributed by atoms with Crippen LogP contribution < -0.4 is 4.90 Å². The molecule has 0 spiro atoms. The van der Waals surface area contributed by atoms with Crippen LogP contribution in [-0.4, -0.2) is 30.5 Å². The summed E-state index contributed by atoms with van der Waals surface area (Å²) in [6.07, 6.45) is 13.2. The fraction of sp³-hybridized carbons (Fsp3) is 0.385. The molecule has 2 heterocycles. The summed E-state index contributed by atoms with van der Waals surface area (Å²) in [4.78, 5) is 4.68. The largest absolute Gasteiger partial charge is 0.335 e. The predicted molar refractivity (Wildman–Crippen MR) is 147 cm³/mol. The molecule has 0 saturated carbocycles. The highest BCUT2D eigenvalue weighted by Gasteiger charge is 2.33. The fourth-order valence-electron chi connectivity index (χ4n) is 4.49. The minimum Gasteiger partial charge on any atom is -0.335 e. The quantitative estimate of drug-likeness (QED) is 0.349. The van der Waals surface area contributed by atoms with E-state index in [-0.39, 0.29) is 5.75 Å². The van der Waals surface area contributed by atoms with Gasteiger partial charge in [0.25, 0.3) is 10.1 Å². The van der Waals surface area contributed by atoms with Gasteiger partial charge in [-0.05, 0) is 73.3 Å². The van der Waals surface area contributed by atoms with Crippen LogP contribution in [-0.2, 0) is 10.1 Å². The van der Waals surface area contributed by atoms with Crippen molar-refractivity contribution in [3.63, 3.8) is 0 Å². The summed E-state index contributed by atoms with van der Waals surface area (Å²) in [5, 5.41) is 2.30. The van der Waals surface area contributed by atoms with Crippen LogP contribution in [0.25, 0.3) is 0 Å². The van der Waals surface area contributed by atoms with Gasteiger partial charge >= 0.3 is 0 Å². The Morgan fingerprint density at radius 1 is 1.29 bits per heavy atom. The Labute approximate surface area is 216 Å². The molecule has 1 N–H and O–H groups in total. The molecule has 34 heavy (non-hydrogen) atoms. The van der Waals surface area contributed by atoms with Gasteiger partial charge in [0.1, 0.15) is 0 Å². The van der Waals surface area contributed by atoms with Crippen LogP contribution in [0.5, 0.6) is 0 Å². The van der Waals surface area contributed by atoms with Gasteiger partial charge in [-0.25, -0.2) is 0 Å². The molecule has 3 aliphatic rings. The number of hydrogen-bond donors (Lipinski definition) is 1. The summed E-state index contributed by atoms with van der Waals surface area (Å²) < 4.78 is 31.7. The first-order valence-electron chi connectivity index (χ1n) is 11.6. The molecule has 2 aliphatic heterocycles. The maximum Gasteiger partial charge on any atom is 0.264 e. The number of hydrogen-bond acceptors (Lipinski definition) is 5. The summed E-state index contributed by atoms with van der Waals surface area (Å²) in [6.45, 7) is 6.96. The minimum atomic E-state index is -3.98. The lowest BCUT2D eigenvalue weighted by atomic mass is 9.90. The van der Waals surface area contributed by atoms with Gasteiger partial charge in [0.2, 0.25) is 0 Å². The van der Waals surface area contributed by atoms with E-state index in [0.717, 1.165) is 34.2 Å². The third kappa shape index (κ3) is 5.88. The van der Waals surface area contributed by atoms with Crippen molar-refractivity contribution in [3.05, 3.63) is 80.3 Å². The van der Waals surface area contributed by atoms with Crippen LogP contribution in [0.4, 0.5) is 5.69 Å². The number of aryl methyl sites for hydroxylation is 1. The molecule has 1 aromatic carbocycles. The van der Waals surface area contributed by atoms with E-state index in [9.17, 15) is 13.0 Å². The van der Waals surface area contributed by atoms with E-state index in [1.807, 2.05) is 17.8 Å².